The van der Waals surface area contributed by atoms with Crippen LogP contribution in [-0.2, 0) is 16.1 Å². The minimum absolute atomic E-state index is 0.0845. The summed E-state index contributed by atoms with van der Waals surface area (Å²) < 4.78 is 28.2. The Morgan fingerprint density at radius 1 is 0.927 bits per heavy atom. The van der Waals surface area contributed by atoms with Crippen LogP contribution < -0.4 is 24.3 Å². The molecule has 4 atom stereocenters. The fourth-order valence-electron chi connectivity index (χ4n) is 6.93. The van der Waals surface area contributed by atoms with Gasteiger partial charge in [0.2, 0.25) is 12.5 Å². The number of cyclic esters (lactones) is 1. The highest BCUT2D eigenvalue weighted by atomic mass is 16.7. The molecule has 2 N–H and O–H groups in total. The van der Waals surface area contributed by atoms with Crippen LogP contribution in [0.4, 0.5) is 5.69 Å². The molecule has 3 heterocycles. The predicted octanol–water partition coefficient (Wildman–Crippen LogP) is 4.82. The van der Waals surface area contributed by atoms with Gasteiger partial charge in [0, 0.05) is 24.1 Å². The lowest BCUT2D eigenvalue weighted by molar-refractivity contribution is -0.141. The number of hydrogen-bond acceptors (Lipinski definition) is 9. The van der Waals surface area contributed by atoms with Gasteiger partial charge in [0.25, 0.3) is 0 Å². The quantitative estimate of drug-likeness (QED) is 0.396. The van der Waals surface area contributed by atoms with Crippen LogP contribution in [0.1, 0.15) is 47.1 Å². The van der Waals surface area contributed by atoms with Crippen molar-refractivity contribution in [3.63, 3.8) is 0 Å². The molecule has 0 saturated carbocycles. The number of nitrogens with one attached hydrogen (secondary N) is 1. The number of esters is 1. The molecule has 2 saturated heterocycles. The molecule has 0 radical (unpaired) electrons. The van der Waals surface area contributed by atoms with Gasteiger partial charge in [-0.25, -0.2) is 0 Å². The number of rotatable bonds is 7. The van der Waals surface area contributed by atoms with Gasteiger partial charge in [0.1, 0.15) is 0 Å². The fraction of sp³-hybridized carbons (Fsp3) is 0.406. The van der Waals surface area contributed by atoms with Crippen LogP contribution in [0, 0.1) is 11.8 Å². The Morgan fingerprint density at radius 3 is 2.24 bits per heavy atom. The molecule has 214 valence electrons. The number of carbonyl (C=O) groups excluding carboxylic acids is 1. The van der Waals surface area contributed by atoms with E-state index in [4.69, 9.17) is 23.7 Å². The Bertz CT molecular complexity index is 1440. The van der Waals surface area contributed by atoms with E-state index in [2.05, 4.69) is 34.5 Å². The van der Waals surface area contributed by atoms with Crippen LogP contribution >= 0.6 is 0 Å². The molecule has 3 aromatic carbocycles. The van der Waals surface area contributed by atoms with Gasteiger partial charge in [0.15, 0.2) is 23.0 Å². The summed E-state index contributed by atoms with van der Waals surface area (Å²) in [5.41, 5.74) is 5.01. The third-order valence-electron chi connectivity index (χ3n) is 8.93. The average molecular weight is 559 g/mol. The molecule has 4 aliphatic rings. The first-order valence-electron chi connectivity index (χ1n) is 14.2. The van der Waals surface area contributed by atoms with Gasteiger partial charge in [-0.2, -0.15) is 0 Å². The Kier molecular flexibility index (Phi) is 6.54. The number of hydrogen-bond donors (Lipinski definition) is 2. The number of nitrogens with zero attached hydrogens (tertiary/aromatic N) is 1. The van der Waals surface area contributed by atoms with Crippen molar-refractivity contribution in [1.82, 2.24) is 4.90 Å². The predicted molar refractivity (Wildman–Crippen MR) is 151 cm³/mol. The molecule has 0 aromatic heterocycles. The van der Waals surface area contributed by atoms with Crippen molar-refractivity contribution in [1.29, 1.82) is 0 Å². The Hall–Kier alpha value is -4.11. The maximum absolute atomic E-state index is 13.4. The molecule has 0 amide bonds. The number of methoxy groups -OCH3 is 2. The maximum Gasteiger partial charge on any atom is 0.310 e. The highest BCUT2D eigenvalue weighted by Crippen LogP contribution is 2.56. The molecular weight excluding hydrogens is 524 g/mol. The summed E-state index contributed by atoms with van der Waals surface area (Å²) >= 11 is 0. The number of carbonyl (C=O) groups is 1. The minimum Gasteiger partial charge on any atom is -0.502 e. The maximum atomic E-state index is 13.4. The number of likely N-dealkylation sites (tertiary alicyclic amines) is 1. The summed E-state index contributed by atoms with van der Waals surface area (Å²) in [5.74, 6) is 0.563. The van der Waals surface area contributed by atoms with E-state index in [1.54, 1.807) is 12.1 Å². The minimum atomic E-state index is -0.464. The second kappa shape index (κ2) is 10.4. The lowest BCUT2D eigenvalue weighted by atomic mass is 9.65. The Balaban J connectivity index is 1.30. The van der Waals surface area contributed by atoms with Gasteiger partial charge in [-0.3, -0.25) is 9.69 Å². The van der Waals surface area contributed by atoms with Gasteiger partial charge < -0.3 is 34.1 Å². The zero-order valence-electron chi connectivity index (χ0n) is 23.2. The van der Waals surface area contributed by atoms with Crippen LogP contribution in [0.5, 0.6) is 28.7 Å². The normalized spacial score (nSPS) is 24.5. The number of phenols is 1. The van der Waals surface area contributed by atoms with Gasteiger partial charge >= 0.3 is 5.97 Å². The number of aromatic hydroxyl groups is 1. The van der Waals surface area contributed by atoms with Crippen LogP contribution in [-0.4, -0.2) is 56.7 Å². The molecule has 1 aliphatic carbocycles. The van der Waals surface area contributed by atoms with Crippen molar-refractivity contribution in [3.05, 3.63) is 70.8 Å². The molecule has 0 spiro atoms. The molecule has 9 heteroatoms. The summed E-state index contributed by atoms with van der Waals surface area (Å²) in [6.07, 6.45) is 2.54. The monoisotopic (exact) mass is 558 g/mol. The third kappa shape index (κ3) is 4.48. The second-order valence-corrected chi connectivity index (χ2v) is 11.2. The number of fused-ring (bicyclic) bond motifs is 3. The third-order valence-corrected chi connectivity index (χ3v) is 8.93. The van der Waals surface area contributed by atoms with Gasteiger partial charge in [-0.1, -0.05) is 12.1 Å². The fourth-order valence-corrected chi connectivity index (χ4v) is 6.93. The van der Waals surface area contributed by atoms with Crippen LogP contribution in [0.3, 0.4) is 0 Å². The van der Waals surface area contributed by atoms with Gasteiger partial charge in [0.05, 0.1) is 32.8 Å². The SMILES string of the molecule is COc1cc([C@@H]2c3cc4c(cc3[C@@H](Nc3ccc(CN5CCCC5)cc3)[C@H]3COC(=O)[C@H]23)OCO4)cc(OC)c1O. The molecule has 3 aromatic rings. The van der Waals surface area contributed by atoms with Crippen molar-refractivity contribution in [2.75, 3.05) is 46.0 Å². The summed E-state index contributed by atoms with van der Waals surface area (Å²) in [7, 11) is 2.99. The van der Waals surface area contributed by atoms with E-state index in [1.807, 2.05) is 12.1 Å². The number of ether oxygens (including phenoxy) is 5. The highest BCUT2D eigenvalue weighted by Gasteiger charge is 2.52. The van der Waals surface area contributed by atoms with Crippen molar-refractivity contribution >= 4 is 11.7 Å². The summed E-state index contributed by atoms with van der Waals surface area (Å²) in [4.78, 5) is 15.9. The first-order valence-corrected chi connectivity index (χ1v) is 14.2. The molecule has 9 nitrogen and oxygen atoms in total. The largest absolute Gasteiger partial charge is 0.502 e. The highest BCUT2D eigenvalue weighted by molar-refractivity contribution is 5.79. The van der Waals surface area contributed by atoms with Crippen molar-refractivity contribution in [3.8, 4) is 28.7 Å². The van der Waals surface area contributed by atoms with E-state index in [0.29, 0.717) is 18.1 Å². The topological polar surface area (TPSA) is 98.7 Å². The van der Waals surface area contributed by atoms with E-state index in [-0.39, 0.29) is 47.9 Å². The van der Waals surface area contributed by atoms with Crippen LogP contribution in [0.15, 0.2) is 48.5 Å². The molecule has 7 rings (SSSR count). The standard InChI is InChI=1S/C32H34N2O7/c1-37-26-11-19(12-27(38-2)31(26)35)28-21-13-24-25(41-17-40-24)14-22(21)30(23-16-39-32(36)29(23)28)33-20-7-5-18(6-8-20)15-34-9-3-4-10-34/h5-8,11-14,23,28-30,33,35H,3-4,9-10,15-17H2,1-2H3/t23-,28+,29-,30+/m0/s1. The number of benzene rings is 3. The average Bonchev–Trinajstić information content (AvgIpc) is 3.75. The first kappa shape index (κ1) is 25.8. The van der Waals surface area contributed by atoms with Crippen molar-refractivity contribution in [2.24, 2.45) is 11.8 Å². The lowest BCUT2D eigenvalue weighted by Gasteiger charge is -2.40. The number of anilines is 1. The Morgan fingerprint density at radius 2 is 1.59 bits per heavy atom. The van der Waals surface area contributed by atoms with Gasteiger partial charge in [-0.15, -0.1) is 0 Å². The van der Waals surface area contributed by atoms with E-state index >= 15 is 0 Å². The lowest BCUT2D eigenvalue weighted by Crippen LogP contribution is -2.37. The molecule has 41 heavy (non-hydrogen) atoms. The molecule has 2 fully saturated rings. The van der Waals surface area contributed by atoms with Gasteiger partial charge in [-0.05, 0) is 84.6 Å². The zero-order chi connectivity index (χ0) is 28.1. The zero-order valence-corrected chi connectivity index (χ0v) is 23.2. The number of phenolic OH excluding ortho intramolecular Hbond substituents is 1. The molecule has 0 unspecified atom stereocenters. The molecule has 3 aliphatic heterocycles. The summed E-state index contributed by atoms with van der Waals surface area (Å²) in [6.45, 7) is 3.72. The van der Waals surface area contributed by atoms with E-state index in [0.717, 1.165) is 42.0 Å². The smallest absolute Gasteiger partial charge is 0.310 e. The summed E-state index contributed by atoms with van der Waals surface area (Å²) in [6, 6.07) is 15.9. The van der Waals surface area contributed by atoms with Crippen LogP contribution in [0.25, 0.3) is 0 Å². The second-order valence-electron chi connectivity index (χ2n) is 11.2. The van der Waals surface area contributed by atoms with Crippen molar-refractivity contribution < 1.29 is 33.6 Å². The van der Waals surface area contributed by atoms with Crippen molar-refractivity contribution in [2.45, 2.75) is 31.3 Å². The molecule has 0 bridgehead atoms. The molecular formula is C32H34N2O7. The van der Waals surface area contributed by atoms with E-state index < -0.39 is 5.92 Å². The van der Waals surface area contributed by atoms with E-state index in [1.165, 1.54) is 32.6 Å². The van der Waals surface area contributed by atoms with E-state index in [9.17, 15) is 9.90 Å². The van der Waals surface area contributed by atoms with Crippen LogP contribution in [0.2, 0.25) is 0 Å². The Labute approximate surface area is 238 Å². The first-order chi connectivity index (χ1) is 20.0. The summed E-state index contributed by atoms with van der Waals surface area (Å²) in [5, 5.41) is 14.3.